The van der Waals surface area contributed by atoms with Crippen LogP contribution >= 0.6 is 0 Å². The van der Waals surface area contributed by atoms with E-state index in [4.69, 9.17) is 0 Å². The lowest BCUT2D eigenvalue weighted by Gasteiger charge is -2.22. The van der Waals surface area contributed by atoms with Crippen molar-refractivity contribution in [2.24, 2.45) is 0 Å². The number of fused-ring (bicyclic) bond motifs is 2. The minimum absolute atomic E-state index is 0.166. The molecule has 1 unspecified atom stereocenters. The van der Waals surface area contributed by atoms with Crippen LogP contribution in [0.4, 0.5) is 13.2 Å². The Hall–Kier alpha value is -2.91. The van der Waals surface area contributed by atoms with E-state index in [2.05, 4.69) is 20.4 Å². The highest BCUT2D eigenvalue weighted by molar-refractivity contribution is 5.97. The lowest BCUT2D eigenvalue weighted by atomic mass is 9.93. The van der Waals surface area contributed by atoms with Crippen LogP contribution in [0.25, 0.3) is 5.65 Å². The van der Waals surface area contributed by atoms with Crippen LogP contribution in [0.15, 0.2) is 31.0 Å². The molecule has 26 heavy (non-hydrogen) atoms. The third-order valence-corrected chi connectivity index (χ3v) is 4.31. The molecule has 1 aliphatic rings. The lowest BCUT2D eigenvalue weighted by molar-refractivity contribution is -0.142. The number of halogens is 3. The van der Waals surface area contributed by atoms with Gasteiger partial charge in [-0.05, 0) is 24.8 Å². The highest BCUT2D eigenvalue weighted by Gasteiger charge is 2.31. The molecule has 1 N–H and O–H groups in total. The maximum Gasteiger partial charge on any atom is 0.408 e. The van der Waals surface area contributed by atoms with Crippen LogP contribution in [0.2, 0.25) is 0 Å². The van der Waals surface area contributed by atoms with Gasteiger partial charge >= 0.3 is 6.18 Å². The van der Waals surface area contributed by atoms with Crippen molar-refractivity contribution in [3.05, 3.63) is 47.9 Å². The number of nitrogens with one attached hydrogen (secondary N) is 1. The molecule has 136 valence electrons. The Morgan fingerprint density at radius 3 is 2.81 bits per heavy atom. The Bertz CT molecular complexity index is 960. The molecule has 7 nitrogen and oxygen atoms in total. The summed E-state index contributed by atoms with van der Waals surface area (Å²) in [6.45, 7) is -1.14. The average Bonchev–Trinajstić information content (AvgIpc) is 3.19. The Morgan fingerprint density at radius 1 is 1.27 bits per heavy atom. The fourth-order valence-corrected chi connectivity index (χ4v) is 3.24. The highest BCUT2D eigenvalue weighted by Crippen LogP contribution is 2.30. The van der Waals surface area contributed by atoms with Crippen molar-refractivity contribution in [1.29, 1.82) is 0 Å². The van der Waals surface area contributed by atoms with Crippen molar-refractivity contribution in [3.63, 3.8) is 0 Å². The molecule has 3 aromatic heterocycles. The predicted molar refractivity (Wildman–Crippen MR) is 84.4 cm³/mol. The number of rotatable bonds is 3. The smallest absolute Gasteiger partial charge is 0.342 e. The van der Waals surface area contributed by atoms with Crippen LogP contribution < -0.4 is 5.32 Å². The quantitative estimate of drug-likeness (QED) is 0.774. The van der Waals surface area contributed by atoms with E-state index >= 15 is 0 Å². The number of amides is 1. The summed E-state index contributed by atoms with van der Waals surface area (Å²) in [6.07, 6.45) is 5.52. The number of carbonyl (C=O) groups excluding carboxylic acids is 1. The van der Waals surface area contributed by atoms with Crippen molar-refractivity contribution in [3.8, 4) is 0 Å². The van der Waals surface area contributed by atoms with Gasteiger partial charge in [0.15, 0.2) is 11.3 Å². The van der Waals surface area contributed by atoms with Crippen LogP contribution in [0.3, 0.4) is 0 Å². The topological polar surface area (TPSA) is 77.1 Å². The fourth-order valence-electron chi connectivity index (χ4n) is 3.24. The second kappa shape index (κ2) is 6.11. The number of aryl methyl sites for hydroxylation is 1. The molecule has 1 aliphatic carbocycles. The summed E-state index contributed by atoms with van der Waals surface area (Å²) in [5.74, 6) is -0.426. The number of carbonyl (C=O) groups is 1. The summed E-state index contributed by atoms with van der Waals surface area (Å²) in [5, 5.41) is 6.89. The predicted octanol–water partition coefficient (Wildman–Crippen LogP) is 2.30. The van der Waals surface area contributed by atoms with Gasteiger partial charge in [-0.25, -0.2) is 9.97 Å². The third kappa shape index (κ3) is 3.14. The Labute approximate surface area is 145 Å². The van der Waals surface area contributed by atoms with Gasteiger partial charge in [0.05, 0.1) is 11.7 Å². The van der Waals surface area contributed by atoms with Crippen LogP contribution in [0, 0.1) is 0 Å². The number of hydrogen-bond acceptors (Lipinski definition) is 4. The zero-order valence-corrected chi connectivity index (χ0v) is 13.6. The van der Waals surface area contributed by atoms with E-state index in [1.807, 2.05) is 0 Å². The number of alkyl halides is 3. The van der Waals surface area contributed by atoms with Crippen molar-refractivity contribution < 1.29 is 18.0 Å². The monoisotopic (exact) mass is 364 g/mol. The second-order valence-electron chi connectivity index (χ2n) is 6.20. The molecule has 0 saturated heterocycles. The van der Waals surface area contributed by atoms with Crippen molar-refractivity contribution in [1.82, 2.24) is 29.5 Å². The Balaban J connectivity index is 1.58. The van der Waals surface area contributed by atoms with Gasteiger partial charge in [-0.15, -0.1) is 0 Å². The van der Waals surface area contributed by atoms with Crippen LogP contribution in [0.5, 0.6) is 0 Å². The largest absolute Gasteiger partial charge is 0.408 e. The van der Waals surface area contributed by atoms with Crippen molar-refractivity contribution in [2.75, 3.05) is 0 Å². The zero-order chi connectivity index (χ0) is 18.3. The molecule has 0 spiro atoms. The van der Waals surface area contributed by atoms with E-state index in [1.54, 1.807) is 23.0 Å². The van der Waals surface area contributed by atoms with E-state index in [1.165, 1.54) is 12.4 Å². The first kappa shape index (κ1) is 16.6. The molecule has 3 aromatic rings. The number of imidazole rings is 1. The molecular formula is C16H15F3N6O. The van der Waals surface area contributed by atoms with Crippen LogP contribution in [0.1, 0.15) is 40.6 Å². The summed E-state index contributed by atoms with van der Waals surface area (Å²) in [4.78, 5) is 20.8. The van der Waals surface area contributed by atoms with Crippen LogP contribution in [-0.2, 0) is 13.0 Å². The summed E-state index contributed by atoms with van der Waals surface area (Å²) in [6, 6.07) is -0.447. The molecule has 10 heteroatoms. The number of hydrogen-bond donors (Lipinski definition) is 1. The first-order valence-corrected chi connectivity index (χ1v) is 8.12. The van der Waals surface area contributed by atoms with Crippen molar-refractivity contribution >= 4 is 11.6 Å². The summed E-state index contributed by atoms with van der Waals surface area (Å²) in [5.41, 5.74) is 1.81. The molecule has 4 rings (SSSR count). The Kier molecular flexibility index (Phi) is 3.89. The molecule has 0 bridgehead atoms. The number of aromatic nitrogens is 5. The minimum Gasteiger partial charge on any atom is -0.342 e. The van der Waals surface area contributed by atoms with E-state index in [9.17, 15) is 18.0 Å². The molecule has 0 saturated carbocycles. The maximum absolute atomic E-state index is 12.6. The van der Waals surface area contributed by atoms with E-state index < -0.39 is 24.7 Å². The Morgan fingerprint density at radius 2 is 2.04 bits per heavy atom. The van der Waals surface area contributed by atoms with Gasteiger partial charge < -0.3 is 9.72 Å². The van der Waals surface area contributed by atoms with Gasteiger partial charge in [-0.1, -0.05) is 0 Å². The normalized spacial score (nSPS) is 17.3. The van der Waals surface area contributed by atoms with Gasteiger partial charge in [0.25, 0.3) is 5.91 Å². The third-order valence-electron chi connectivity index (χ3n) is 4.31. The van der Waals surface area contributed by atoms with Gasteiger partial charge in [-0.2, -0.15) is 18.3 Å². The first-order chi connectivity index (χ1) is 12.4. The fraction of sp³-hybridized carbons (Fsp3) is 0.375. The van der Waals surface area contributed by atoms with Crippen molar-refractivity contribution in [2.45, 2.75) is 38.0 Å². The SMILES string of the molecule is O=C(NC1CCCc2cn(CC(F)(F)F)nc21)c1nccn2ccnc12. The second-order valence-corrected chi connectivity index (χ2v) is 6.20. The molecule has 1 atom stereocenters. The summed E-state index contributed by atoms with van der Waals surface area (Å²) in [7, 11) is 0. The van der Waals surface area contributed by atoms with Crippen LogP contribution in [-0.4, -0.2) is 36.2 Å². The zero-order valence-electron chi connectivity index (χ0n) is 13.6. The van der Waals surface area contributed by atoms with Gasteiger partial charge in [0, 0.05) is 31.0 Å². The lowest BCUT2D eigenvalue weighted by Crippen LogP contribution is -2.32. The average molecular weight is 364 g/mol. The highest BCUT2D eigenvalue weighted by atomic mass is 19.4. The van der Waals surface area contributed by atoms with Gasteiger partial charge in [0.2, 0.25) is 0 Å². The molecule has 3 heterocycles. The molecule has 0 aromatic carbocycles. The minimum atomic E-state index is -4.34. The first-order valence-electron chi connectivity index (χ1n) is 8.12. The van der Waals surface area contributed by atoms with Gasteiger partial charge in [0.1, 0.15) is 6.54 Å². The van der Waals surface area contributed by atoms with E-state index in [0.717, 1.165) is 16.7 Å². The summed E-state index contributed by atoms with van der Waals surface area (Å²) < 4.78 is 40.4. The standard InChI is InChI=1S/C16H15F3N6O/c17-16(18,19)9-25-8-10-2-1-3-11(12(10)23-25)22-15(26)13-14-21-5-7-24(14)6-4-20-13/h4-8,11H,1-3,9H2,(H,22,26). The summed E-state index contributed by atoms with van der Waals surface area (Å²) >= 11 is 0. The molecule has 0 aliphatic heterocycles. The van der Waals surface area contributed by atoms with E-state index in [-0.39, 0.29) is 5.69 Å². The molecule has 1 amide bonds. The van der Waals surface area contributed by atoms with Gasteiger partial charge in [-0.3, -0.25) is 9.48 Å². The maximum atomic E-state index is 12.6. The molecule has 0 fully saturated rings. The molecule has 0 radical (unpaired) electrons. The van der Waals surface area contributed by atoms with E-state index in [0.29, 0.717) is 24.2 Å². The molecular weight excluding hydrogens is 349 g/mol. The number of nitrogens with zero attached hydrogens (tertiary/aromatic N) is 5.